The third kappa shape index (κ3) is 3.99. The molecule has 0 atom stereocenters. The van der Waals surface area contributed by atoms with E-state index in [0.29, 0.717) is 17.2 Å². The van der Waals surface area contributed by atoms with Crippen LogP contribution in [0.1, 0.15) is 0 Å². The summed E-state index contributed by atoms with van der Waals surface area (Å²) in [6.45, 7) is 0. The lowest BCUT2D eigenvalue weighted by atomic mass is 10.0. The fraction of sp³-hybridized carbons (Fsp3) is 0. The quantitative estimate of drug-likeness (QED) is 0.183. The normalized spacial score (nSPS) is 12.3. The second kappa shape index (κ2) is 10.9. The molecule has 8 aromatic carbocycles. The van der Waals surface area contributed by atoms with Crippen LogP contribution < -0.4 is 0 Å². The zero-order valence-corrected chi connectivity index (χ0v) is 29.8. The number of fused-ring (bicyclic) bond motifs is 14. The van der Waals surface area contributed by atoms with Crippen molar-refractivity contribution in [1.82, 2.24) is 19.1 Å². The standard InChI is InChI=1S/C50H28N4O2/c1-2-13-31(14-3-1)53-39-19-9-6-16-33(39)37-27-38-34-17-7-10-20-40(34)54(42(38)28-41(37)53)50-51-47(49-48(52-50)36-18-8-11-21-43(36)56-49)30-22-24-35-45(26-30)55-44-25-23-29-12-4-5-15-32(29)46(35)44/h1-28H. The highest BCUT2D eigenvalue weighted by atomic mass is 16.3. The van der Waals surface area contributed by atoms with Crippen molar-refractivity contribution in [2.75, 3.05) is 0 Å². The SMILES string of the molecule is c1ccc(-n2c3ccccc3c3cc4c5ccccc5n(-c5nc(-c6ccc7c(c6)oc6ccc8ccccc8c67)c6oc7ccccc7c6n5)c4cc32)cc1. The molecule has 6 heteroatoms. The lowest BCUT2D eigenvalue weighted by Gasteiger charge is -2.10. The summed E-state index contributed by atoms with van der Waals surface area (Å²) in [5.41, 5.74) is 10.9. The summed E-state index contributed by atoms with van der Waals surface area (Å²) in [6, 6.07) is 59.5. The van der Waals surface area contributed by atoms with E-state index in [1.54, 1.807) is 0 Å². The second-order valence-electron chi connectivity index (χ2n) is 14.5. The van der Waals surface area contributed by atoms with Crippen LogP contribution in [-0.4, -0.2) is 19.1 Å². The van der Waals surface area contributed by atoms with Crippen molar-refractivity contribution in [1.29, 1.82) is 0 Å². The molecule has 56 heavy (non-hydrogen) atoms. The number of aromatic nitrogens is 4. The first-order valence-corrected chi connectivity index (χ1v) is 18.8. The molecule has 0 amide bonds. The number of nitrogens with zero attached hydrogens (tertiary/aromatic N) is 4. The maximum atomic E-state index is 6.60. The molecule has 0 bridgehead atoms. The molecule has 13 aromatic rings. The van der Waals surface area contributed by atoms with Gasteiger partial charge in [-0.2, -0.15) is 0 Å². The van der Waals surface area contributed by atoms with Gasteiger partial charge in [-0.3, -0.25) is 4.57 Å². The smallest absolute Gasteiger partial charge is 0.236 e. The van der Waals surface area contributed by atoms with Crippen LogP contribution in [0, 0.1) is 0 Å². The maximum Gasteiger partial charge on any atom is 0.236 e. The number of rotatable bonds is 3. The second-order valence-corrected chi connectivity index (χ2v) is 14.5. The highest BCUT2D eigenvalue weighted by molar-refractivity contribution is 6.21. The van der Waals surface area contributed by atoms with Gasteiger partial charge >= 0.3 is 0 Å². The van der Waals surface area contributed by atoms with Crippen LogP contribution in [0.4, 0.5) is 0 Å². The molecule has 0 fully saturated rings. The Morgan fingerprint density at radius 2 is 1.07 bits per heavy atom. The number of benzene rings is 8. The van der Waals surface area contributed by atoms with Crippen molar-refractivity contribution in [3.8, 4) is 22.9 Å². The third-order valence-electron chi connectivity index (χ3n) is 11.5. The fourth-order valence-corrected chi connectivity index (χ4v) is 9.07. The van der Waals surface area contributed by atoms with Crippen LogP contribution in [0.15, 0.2) is 179 Å². The number of hydrogen-bond donors (Lipinski definition) is 0. The summed E-state index contributed by atoms with van der Waals surface area (Å²) < 4.78 is 17.7. The van der Waals surface area contributed by atoms with E-state index in [-0.39, 0.29) is 0 Å². The van der Waals surface area contributed by atoms with Crippen LogP contribution >= 0.6 is 0 Å². The van der Waals surface area contributed by atoms with Gasteiger partial charge in [-0.25, -0.2) is 9.97 Å². The summed E-state index contributed by atoms with van der Waals surface area (Å²) >= 11 is 0. The van der Waals surface area contributed by atoms with Crippen molar-refractivity contribution < 1.29 is 8.83 Å². The molecule has 0 saturated heterocycles. The molecule has 6 nitrogen and oxygen atoms in total. The molecule has 0 saturated carbocycles. The van der Waals surface area contributed by atoms with Crippen LogP contribution in [-0.2, 0) is 0 Å². The van der Waals surface area contributed by atoms with Gasteiger partial charge in [-0.15, -0.1) is 0 Å². The first-order valence-electron chi connectivity index (χ1n) is 18.8. The lowest BCUT2D eigenvalue weighted by Crippen LogP contribution is -2.03. The molecule has 13 rings (SSSR count). The van der Waals surface area contributed by atoms with Crippen molar-refractivity contribution in [2.24, 2.45) is 0 Å². The van der Waals surface area contributed by atoms with Gasteiger partial charge in [0.25, 0.3) is 0 Å². The van der Waals surface area contributed by atoms with E-state index in [1.165, 1.54) is 21.5 Å². The van der Waals surface area contributed by atoms with Crippen LogP contribution in [0.25, 0.3) is 121 Å². The molecule has 5 heterocycles. The summed E-state index contributed by atoms with van der Waals surface area (Å²) in [6.07, 6.45) is 0. The van der Waals surface area contributed by atoms with Gasteiger partial charge in [0.1, 0.15) is 28.0 Å². The van der Waals surface area contributed by atoms with Crippen LogP contribution in [0.5, 0.6) is 0 Å². The zero-order chi connectivity index (χ0) is 36.5. The summed E-state index contributed by atoms with van der Waals surface area (Å²) in [4.78, 5) is 10.8. The Balaban J connectivity index is 1.13. The van der Waals surface area contributed by atoms with Gasteiger partial charge in [-0.05, 0) is 77.5 Å². The van der Waals surface area contributed by atoms with Gasteiger partial charge in [-0.1, -0.05) is 103 Å². The molecular formula is C50H28N4O2. The minimum atomic E-state index is 0.572. The Morgan fingerprint density at radius 1 is 0.393 bits per heavy atom. The first kappa shape index (κ1) is 29.7. The van der Waals surface area contributed by atoms with E-state index in [1.807, 2.05) is 18.2 Å². The van der Waals surface area contributed by atoms with Crippen LogP contribution in [0.3, 0.4) is 0 Å². The Labute approximate surface area is 318 Å². The van der Waals surface area contributed by atoms with E-state index >= 15 is 0 Å². The zero-order valence-electron chi connectivity index (χ0n) is 29.8. The van der Waals surface area contributed by atoms with E-state index < -0.39 is 0 Å². The van der Waals surface area contributed by atoms with Crippen molar-refractivity contribution in [3.05, 3.63) is 170 Å². The van der Waals surface area contributed by atoms with Gasteiger partial charge in [0, 0.05) is 49.0 Å². The van der Waals surface area contributed by atoms with Crippen molar-refractivity contribution >= 4 is 98.4 Å². The molecule has 0 aliphatic carbocycles. The number of furan rings is 2. The summed E-state index contributed by atoms with van der Waals surface area (Å²) in [7, 11) is 0. The highest BCUT2D eigenvalue weighted by Crippen LogP contribution is 2.42. The van der Waals surface area contributed by atoms with Crippen molar-refractivity contribution in [3.63, 3.8) is 0 Å². The molecule has 0 aliphatic heterocycles. The Hall–Kier alpha value is -7.70. The monoisotopic (exact) mass is 716 g/mol. The molecule has 260 valence electrons. The van der Waals surface area contributed by atoms with E-state index in [2.05, 4.69) is 161 Å². The van der Waals surface area contributed by atoms with E-state index in [4.69, 9.17) is 18.8 Å². The Morgan fingerprint density at radius 3 is 1.89 bits per heavy atom. The van der Waals surface area contributed by atoms with E-state index in [0.717, 1.165) is 82.5 Å². The largest absolute Gasteiger partial charge is 0.456 e. The lowest BCUT2D eigenvalue weighted by molar-refractivity contribution is 0.666. The minimum absolute atomic E-state index is 0.572. The van der Waals surface area contributed by atoms with Gasteiger partial charge in [0.2, 0.25) is 5.95 Å². The molecule has 0 aliphatic rings. The summed E-state index contributed by atoms with van der Waals surface area (Å²) in [5.74, 6) is 0.572. The summed E-state index contributed by atoms with van der Waals surface area (Å²) in [5, 5.41) is 10.2. The average molecular weight is 717 g/mol. The predicted molar refractivity (Wildman–Crippen MR) is 228 cm³/mol. The number of hydrogen-bond acceptors (Lipinski definition) is 4. The molecule has 0 unspecified atom stereocenters. The van der Waals surface area contributed by atoms with Gasteiger partial charge in [0.15, 0.2) is 5.58 Å². The van der Waals surface area contributed by atoms with E-state index in [9.17, 15) is 0 Å². The Kier molecular flexibility index (Phi) is 5.80. The topological polar surface area (TPSA) is 61.9 Å². The fourth-order valence-electron chi connectivity index (χ4n) is 9.07. The molecule has 5 aromatic heterocycles. The highest BCUT2D eigenvalue weighted by Gasteiger charge is 2.23. The Bertz CT molecular complexity index is 3770. The average Bonchev–Trinajstić information content (AvgIpc) is 4.00. The molecule has 0 radical (unpaired) electrons. The van der Waals surface area contributed by atoms with Crippen molar-refractivity contribution in [2.45, 2.75) is 0 Å². The predicted octanol–water partition coefficient (Wildman–Crippen LogP) is 13.3. The molecule has 0 N–H and O–H groups in total. The number of para-hydroxylation sites is 4. The van der Waals surface area contributed by atoms with Gasteiger partial charge in [0.05, 0.1) is 22.1 Å². The maximum absolute atomic E-state index is 6.60. The van der Waals surface area contributed by atoms with Crippen LogP contribution in [0.2, 0.25) is 0 Å². The third-order valence-corrected chi connectivity index (χ3v) is 11.5. The molecule has 0 spiro atoms. The first-order chi connectivity index (χ1) is 27.8. The molecular weight excluding hydrogens is 689 g/mol. The van der Waals surface area contributed by atoms with Gasteiger partial charge < -0.3 is 13.4 Å². The minimum Gasteiger partial charge on any atom is -0.456 e.